The topological polar surface area (TPSA) is 46.6 Å². The molecule has 0 aliphatic carbocycles. The zero-order chi connectivity index (χ0) is 16.3. The van der Waals surface area contributed by atoms with E-state index in [0.29, 0.717) is 29.3 Å². The van der Waals surface area contributed by atoms with Crippen molar-refractivity contribution in [2.24, 2.45) is 5.92 Å². The van der Waals surface area contributed by atoms with E-state index in [4.69, 9.17) is 4.74 Å². The fourth-order valence-electron chi connectivity index (χ4n) is 2.53. The van der Waals surface area contributed by atoms with Gasteiger partial charge in [-0.05, 0) is 24.5 Å². The Labute approximate surface area is 131 Å². The first-order chi connectivity index (χ1) is 10.5. The van der Waals surface area contributed by atoms with E-state index in [0.717, 1.165) is 5.56 Å². The molecule has 116 valence electrons. The van der Waals surface area contributed by atoms with Crippen LogP contribution in [-0.2, 0) is 14.3 Å². The summed E-state index contributed by atoms with van der Waals surface area (Å²) < 4.78 is 4.86. The molecule has 1 aliphatic rings. The summed E-state index contributed by atoms with van der Waals surface area (Å²) in [7, 11) is 1.33. The number of esters is 1. The van der Waals surface area contributed by atoms with Crippen LogP contribution >= 0.6 is 0 Å². The summed E-state index contributed by atoms with van der Waals surface area (Å²) >= 11 is 0. The SMILES string of the molecule is COC(=O)C1=C(C)N(CC(C)C)C(=O)/C1=C\c1ccccc1. The van der Waals surface area contributed by atoms with Crippen molar-refractivity contribution in [1.82, 2.24) is 4.90 Å². The molecule has 2 rings (SSSR count). The Morgan fingerprint density at radius 1 is 1.27 bits per heavy atom. The molecular formula is C18H21NO3. The minimum absolute atomic E-state index is 0.143. The van der Waals surface area contributed by atoms with E-state index in [1.807, 2.05) is 44.2 Å². The number of amides is 1. The molecular weight excluding hydrogens is 278 g/mol. The summed E-state index contributed by atoms with van der Waals surface area (Å²) in [6, 6.07) is 9.50. The smallest absolute Gasteiger partial charge is 0.340 e. The number of nitrogens with zero attached hydrogens (tertiary/aromatic N) is 1. The van der Waals surface area contributed by atoms with Gasteiger partial charge >= 0.3 is 5.97 Å². The van der Waals surface area contributed by atoms with Crippen LogP contribution in [0.1, 0.15) is 26.3 Å². The number of carbonyl (C=O) groups excluding carboxylic acids is 2. The highest BCUT2D eigenvalue weighted by atomic mass is 16.5. The number of hydrogen-bond donors (Lipinski definition) is 0. The second kappa shape index (κ2) is 6.60. The first kappa shape index (κ1) is 16.0. The van der Waals surface area contributed by atoms with Crippen molar-refractivity contribution in [3.63, 3.8) is 0 Å². The average Bonchev–Trinajstić information content (AvgIpc) is 2.72. The first-order valence-electron chi connectivity index (χ1n) is 7.34. The summed E-state index contributed by atoms with van der Waals surface area (Å²) in [5.41, 5.74) is 2.30. The summed E-state index contributed by atoms with van der Waals surface area (Å²) in [6.45, 7) is 6.45. The lowest BCUT2D eigenvalue weighted by molar-refractivity contribution is -0.136. The molecule has 0 fully saturated rings. The third kappa shape index (κ3) is 3.11. The van der Waals surface area contributed by atoms with E-state index in [9.17, 15) is 9.59 Å². The van der Waals surface area contributed by atoms with Gasteiger partial charge in [0.25, 0.3) is 5.91 Å². The summed E-state index contributed by atoms with van der Waals surface area (Å²) in [6.07, 6.45) is 1.75. The number of hydrogen-bond acceptors (Lipinski definition) is 3. The molecule has 1 heterocycles. The largest absolute Gasteiger partial charge is 0.465 e. The predicted molar refractivity (Wildman–Crippen MR) is 85.7 cm³/mol. The van der Waals surface area contributed by atoms with Crippen molar-refractivity contribution in [2.75, 3.05) is 13.7 Å². The zero-order valence-electron chi connectivity index (χ0n) is 13.4. The van der Waals surface area contributed by atoms with Crippen molar-refractivity contribution in [2.45, 2.75) is 20.8 Å². The Hall–Kier alpha value is -2.36. The van der Waals surface area contributed by atoms with Gasteiger partial charge in [0.1, 0.15) is 0 Å². The normalized spacial score (nSPS) is 16.9. The predicted octanol–water partition coefficient (Wildman–Crippen LogP) is 3.02. The van der Waals surface area contributed by atoms with E-state index in [1.54, 1.807) is 17.9 Å². The van der Waals surface area contributed by atoms with Crippen LogP contribution in [0.4, 0.5) is 0 Å². The first-order valence-corrected chi connectivity index (χ1v) is 7.34. The molecule has 22 heavy (non-hydrogen) atoms. The minimum Gasteiger partial charge on any atom is -0.465 e. The van der Waals surface area contributed by atoms with Gasteiger partial charge in [0.05, 0.1) is 18.3 Å². The zero-order valence-corrected chi connectivity index (χ0v) is 13.4. The Bertz CT molecular complexity index is 642. The van der Waals surface area contributed by atoms with Crippen LogP contribution in [0.3, 0.4) is 0 Å². The maximum atomic E-state index is 12.7. The van der Waals surface area contributed by atoms with Crippen LogP contribution in [0.15, 0.2) is 47.2 Å². The second-order valence-electron chi connectivity index (χ2n) is 5.73. The molecule has 0 atom stereocenters. The van der Waals surface area contributed by atoms with E-state index in [-0.39, 0.29) is 5.91 Å². The van der Waals surface area contributed by atoms with Gasteiger partial charge in [-0.1, -0.05) is 44.2 Å². The molecule has 0 N–H and O–H groups in total. The van der Waals surface area contributed by atoms with Gasteiger partial charge in [-0.15, -0.1) is 0 Å². The third-order valence-electron chi connectivity index (χ3n) is 3.56. The number of allylic oxidation sites excluding steroid dienone is 1. The molecule has 0 aromatic heterocycles. The van der Waals surface area contributed by atoms with Crippen LogP contribution in [0, 0.1) is 5.92 Å². The lowest BCUT2D eigenvalue weighted by Crippen LogP contribution is -2.28. The summed E-state index contributed by atoms with van der Waals surface area (Å²) in [5.74, 6) is -0.302. The van der Waals surface area contributed by atoms with Crippen LogP contribution in [0.5, 0.6) is 0 Å². The maximum Gasteiger partial charge on any atom is 0.340 e. The van der Waals surface area contributed by atoms with E-state index in [2.05, 4.69) is 0 Å². The number of methoxy groups -OCH3 is 1. The quantitative estimate of drug-likeness (QED) is 0.634. The molecule has 0 saturated heterocycles. The van der Waals surface area contributed by atoms with Crippen LogP contribution in [-0.4, -0.2) is 30.4 Å². The molecule has 1 aliphatic heterocycles. The Morgan fingerprint density at radius 3 is 2.45 bits per heavy atom. The van der Waals surface area contributed by atoms with Gasteiger partial charge in [0.2, 0.25) is 0 Å². The molecule has 4 heteroatoms. The Morgan fingerprint density at radius 2 is 1.91 bits per heavy atom. The fraction of sp³-hybridized carbons (Fsp3) is 0.333. The van der Waals surface area contributed by atoms with Crippen molar-refractivity contribution >= 4 is 18.0 Å². The summed E-state index contributed by atoms with van der Waals surface area (Å²) in [4.78, 5) is 26.5. The number of rotatable bonds is 4. The highest BCUT2D eigenvalue weighted by Crippen LogP contribution is 2.32. The maximum absolute atomic E-state index is 12.7. The molecule has 1 aromatic rings. The molecule has 1 aromatic carbocycles. The molecule has 0 saturated carbocycles. The van der Waals surface area contributed by atoms with Gasteiger partial charge in [-0.25, -0.2) is 4.79 Å². The molecule has 0 bridgehead atoms. The molecule has 1 amide bonds. The van der Waals surface area contributed by atoms with Gasteiger partial charge in [-0.3, -0.25) is 4.79 Å². The average molecular weight is 299 g/mol. The molecule has 0 spiro atoms. The minimum atomic E-state index is -0.473. The van der Waals surface area contributed by atoms with Crippen LogP contribution in [0.25, 0.3) is 6.08 Å². The lowest BCUT2D eigenvalue weighted by Gasteiger charge is -2.19. The van der Waals surface area contributed by atoms with Gasteiger partial charge in [0, 0.05) is 12.2 Å². The second-order valence-corrected chi connectivity index (χ2v) is 5.73. The van der Waals surface area contributed by atoms with Crippen LogP contribution < -0.4 is 0 Å². The highest BCUT2D eigenvalue weighted by molar-refractivity contribution is 6.16. The summed E-state index contributed by atoms with van der Waals surface area (Å²) in [5, 5.41) is 0. The van der Waals surface area contributed by atoms with E-state index in [1.165, 1.54) is 7.11 Å². The number of benzene rings is 1. The van der Waals surface area contributed by atoms with Gasteiger partial charge in [0.15, 0.2) is 0 Å². The Kier molecular flexibility index (Phi) is 4.81. The highest BCUT2D eigenvalue weighted by Gasteiger charge is 2.36. The van der Waals surface area contributed by atoms with Crippen molar-refractivity contribution in [3.8, 4) is 0 Å². The fourth-order valence-corrected chi connectivity index (χ4v) is 2.53. The molecule has 4 nitrogen and oxygen atoms in total. The monoisotopic (exact) mass is 299 g/mol. The van der Waals surface area contributed by atoms with E-state index >= 15 is 0 Å². The Balaban J connectivity index is 2.50. The third-order valence-corrected chi connectivity index (χ3v) is 3.56. The van der Waals surface area contributed by atoms with Crippen molar-refractivity contribution in [1.29, 1.82) is 0 Å². The van der Waals surface area contributed by atoms with Crippen molar-refractivity contribution in [3.05, 3.63) is 52.7 Å². The van der Waals surface area contributed by atoms with Crippen LogP contribution in [0.2, 0.25) is 0 Å². The lowest BCUT2D eigenvalue weighted by atomic mass is 10.0. The number of carbonyl (C=O) groups is 2. The number of ether oxygens (including phenoxy) is 1. The molecule has 0 radical (unpaired) electrons. The van der Waals surface area contributed by atoms with E-state index < -0.39 is 5.97 Å². The standard InChI is InChI=1S/C18H21NO3/c1-12(2)11-19-13(3)16(18(21)22-4)15(17(19)20)10-14-8-6-5-7-9-14/h5-10,12H,11H2,1-4H3/b15-10-. The van der Waals surface area contributed by atoms with Crippen molar-refractivity contribution < 1.29 is 14.3 Å². The molecule has 0 unspecified atom stereocenters. The van der Waals surface area contributed by atoms with Gasteiger partial charge < -0.3 is 9.64 Å². The van der Waals surface area contributed by atoms with Gasteiger partial charge in [-0.2, -0.15) is 0 Å².